The van der Waals surface area contributed by atoms with Gasteiger partial charge in [0.1, 0.15) is 6.61 Å². The number of hydrogen-bond donors (Lipinski definition) is 0. The molecule has 0 fully saturated rings. The van der Waals surface area contributed by atoms with Gasteiger partial charge >= 0.3 is 0 Å². The lowest BCUT2D eigenvalue weighted by atomic mass is 10.2. The van der Waals surface area contributed by atoms with Gasteiger partial charge in [-0.15, -0.1) is 0 Å². The fourth-order valence-electron chi connectivity index (χ4n) is 1.67. The first-order valence-electron chi connectivity index (χ1n) is 5.83. The van der Waals surface area contributed by atoms with E-state index in [2.05, 4.69) is 0 Å². The Hall–Kier alpha value is -2.10. The molecule has 2 aromatic carbocycles. The molecule has 0 aliphatic rings. The summed E-state index contributed by atoms with van der Waals surface area (Å²) in [4.78, 5) is 0. The number of rotatable bonds is 5. The zero-order valence-electron chi connectivity index (χ0n) is 10.5. The van der Waals surface area contributed by atoms with Gasteiger partial charge in [-0.05, 0) is 23.8 Å². The standard InChI is InChI=1S/C15H14F2O2/c1-18-14-9-12(15(16)17)7-8-13(14)19-10-11-5-3-2-4-6-11/h2-9,15H,10H2,1H3. The van der Waals surface area contributed by atoms with E-state index in [9.17, 15) is 8.78 Å². The lowest BCUT2D eigenvalue weighted by Gasteiger charge is -2.12. The van der Waals surface area contributed by atoms with Gasteiger partial charge in [0.05, 0.1) is 7.11 Å². The van der Waals surface area contributed by atoms with E-state index < -0.39 is 6.43 Å². The van der Waals surface area contributed by atoms with Crippen molar-refractivity contribution < 1.29 is 18.3 Å². The Morgan fingerprint density at radius 1 is 1.00 bits per heavy atom. The highest BCUT2D eigenvalue weighted by Crippen LogP contribution is 2.32. The lowest BCUT2D eigenvalue weighted by molar-refractivity contribution is 0.150. The summed E-state index contributed by atoms with van der Waals surface area (Å²) in [5, 5.41) is 0. The molecule has 2 aromatic rings. The maximum atomic E-state index is 12.6. The molecule has 0 aliphatic heterocycles. The Bertz CT molecular complexity index is 527. The van der Waals surface area contributed by atoms with Crippen molar-refractivity contribution in [2.75, 3.05) is 7.11 Å². The molecule has 2 nitrogen and oxygen atoms in total. The van der Waals surface area contributed by atoms with E-state index in [4.69, 9.17) is 9.47 Å². The number of halogens is 2. The molecule has 0 heterocycles. The van der Waals surface area contributed by atoms with Gasteiger partial charge in [-0.2, -0.15) is 0 Å². The lowest BCUT2D eigenvalue weighted by Crippen LogP contribution is -1.98. The zero-order valence-corrected chi connectivity index (χ0v) is 10.5. The van der Waals surface area contributed by atoms with E-state index in [1.807, 2.05) is 30.3 Å². The minimum atomic E-state index is -2.52. The SMILES string of the molecule is COc1cc(C(F)F)ccc1OCc1ccccc1. The monoisotopic (exact) mass is 264 g/mol. The highest BCUT2D eigenvalue weighted by atomic mass is 19.3. The summed E-state index contributed by atoms with van der Waals surface area (Å²) in [6, 6.07) is 13.7. The number of ether oxygens (including phenoxy) is 2. The Balaban J connectivity index is 2.12. The van der Waals surface area contributed by atoms with E-state index in [0.29, 0.717) is 18.1 Å². The summed E-state index contributed by atoms with van der Waals surface area (Å²) in [7, 11) is 1.43. The van der Waals surface area contributed by atoms with Crippen LogP contribution in [0.4, 0.5) is 8.78 Å². The molecule has 0 spiro atoms. The van der Waals surface area contributed by atoms with Crippen molar-refractivity contribution in [3.8, 4) is 11.5 Å². The molecule has 0 aromatic heterocycles. The maximum Gasteiger partial charge on any atom is 0.263 e. The highest BCUT2D eigenvalue weighted by molar-refractivity contribution is 5.43. The van der Waals surface area contributed by atoms with Crippen LogP contribution in [0.2, 0.25) is 0 Å². The van der Waals surface area contributed by atoms with Gasteiger partial charge in [-0.1, -0.05) is 30.3 Å². The van der Waals surface area contributed by atoms with Crippen LogP contribution in [0.5, 0.6) is 11.5 Å². The molecule has 19 heavy (non-hydrogen) atoms. The second-order valence-electron chi connectivity index (χ2n) is 3.99. The van der Waals surface area contributed by atoms with Gasteiger partial charge in [0.2, 0.25) is 0 Å². The molecule has 0 radical (unpaired) electrons. The second kappa shape index (κ2) is 6.18. The van der Waals surface area contributed by atoms with E-state index in [0.717, 1.165) is 5.56 Å². The van der Waals surface area contributed by atoms with Gasteiger partial charge in [0.15, 0.2) is 11.5 Å². The summed E-state index contributed by atoms with van der Waals surface area (Å²) in [6.07, 6.45) is -2.52. The Kier molecular flexibility index (Phi) is 4.34. The van der Waals surface area contributed by atoms with Gasteiger partial charge in [-0.3, -0.25) is 0 Å². The third kappa shape index (κ3) is 3.44. The summed E-state index contributed by atoms with van der Waals surface area (Å²) >= 11 is 0. The molecular weight excluding hydrogens is 250 g/mol. The average Bonchev–Trinajstić information content (AvgIpc) is 2.45. The largest absolute Gasteiger partial charge is 0.493 e. The summed E-state index contributed by atoms with van der Waals surface area (Å²) in [5.41, 5.74) is 0.923. The molecular formula is C15H14F2O2. The van der Waals surface area contributed by atoms with Gasteiger partial charge in [0, 0.05) is 5.56 Å². The minimum Gasteiger partial charge on any atom is -0.493 e. The predicted molar refractivity (Wildman–Crippen MR) is 68.7 cm³/mol. The first-order valence-corrected chi connectivity index (χ1v) is 5.83. The molecule has 0 saturated heterocycles. The second-order valence-corrected chi connectivity index (χ2v) is 3.99. The van der Waals surface area contributed by atoms with Crippen LogP contribution in [-0.2, 0) is 6.61 Å². The molecule has 0 bridgehead atoms. The van der Waals surface area contributed by atoms with Crippen LogP contribution in [-0.4, -0.2) is 7.11 Å². The van der Waals surface area contributed by atoms with Gasteiger partial charge in [0.25, 0.3) is 6.43 Å². The Morgan fingerprint density at radius 2 is 1.74 bits per heavy atom. The van der Waals surface area contributed by atoms with Crippen LogP contribution >= 0.6 is 0 Å². The quantitative estimate of drug-likeness (QED) is 0.805. The summed E-state index contributed by atoms with van der Waals surface area (Å²) in [5.74, 6) is 0.768. The van der Waals surface area contributed by atoms with Crippen LogP contribution < -0.4 is 9.47 Å². The fourth-order valence-corrected chi connectivity index (χ4v) is 1.67. The van der Waals surface area contributed by atoms with Crippen molar-refractivity contribution in [3.63, 3.8) is 0 Å². The molecule has 0 unspecified atom stereocenters. The molecule has 0 saturated carbocycles. The first kappa shape index (κ1) is 13.3. The number of methoxy groups -OCH3 is 1. The molecule has 0 N–H and O–H groups in total. The van der Waals surface area contributed by atoms with Crippen molar-refractivity contribution >= 4 is 0 Å². The smallest absolute Gasteiger partial charge is 0.263 e. The van der Waals surface area contributed by atoms with Crippen LogP contribution in [0.25, 0.3) is 0 Å². The van der Waals surface area contributed by atoms with Crippen molar-refractivity contribution in [1.29, 1.82) is 0 Å². The maximum absolute atomic E-state index is 12.6. The molecule has 2 rings (SSSR count). The molecule has 0 atom stereocenters. The van der Waals surface area contributed by atoms with Crippen molar-refractivity contribution in [2.24, 2.45) is 0 Å². The van der Waals surface area contributed by atoms with Crippen molar-refractivity contribution in [2.45, 2.75) is 13.0 Å². The van der Waals surface area contributed by atoms with E-state index in [1.54, 1.807) is 0 Å². The van der Waals surface area contributed by atoms with Gasteiger partial charge in [-0.25, -0.2) is 8.78 Å². The minimum absolute atomic E-state index is 0.0797. The zero-order chi connectivity index (χ0) is 13.7. The van der Waals surface area contributed by atoms with Crippen molar-refractivity contribution in [1.82, 2.24) is 0 Å². The van der Waals surface area contributed by atoms with Crippen LogP contribution in [0.15, 0.2) is 48.5 Å². The predicted octanol–water partition coefficient (Wildman–Crippen LogP) is 4.21. The van der Waals surface area contributed by atoms with Crippen LogP contribution in [0.1, 0.15) is 17.6 Å². The molecule has 100 valence electrons. The first-order chi connectivity index (χ1) is 9.20. The Morgan fingerprint density at radius 3 is 2.37 bits per heavy atom. The van der Waals surface area contributed by atoms with E-state index in [1.165, 1.54) is 25.3 Å². The van der Waals surface area contributed by atoms with Crippen LogP contribution in [0.3, 0.4) is 0 Å². The third-order valence-corrected chi connectivity index (χ3v) is 2.68. The Labute approximate surface area is 110 Å². The molecule has 0 aliphatic carbocycles. The number of hydrogen-bond acceptors (Lipinski definition) is 2. The third-order valence-electron chi connectivity index (χ3n) is 2.68. The number of alkyl halides is 2. The number of benzene rings is 2. The van der Waals surface area contributed by atoms with E-state index in [-0.39, 0.29) is 5.56 Å². The van der Waals surface area contributed by atoms with Crippen molar-refractivity contribution in [3.05, 3.63) is 59.7 Å². The normalized spacial score (nSPS) is 10.5. The molecule has 0 amide bonds. The van der Waals surface area contributed by atoms with Crippen LogP contribution in [0, 0.1) is 0 Å². The average molecular weight is 264 g/mol. The van der Waals surface area contributed by atoms with Gasteiger partial charge < -0.3 is 9.47 Å². The topological polar surface area (TPSA) is 18.5 Å². The fraction of sp³-hybridized carbons (Fsp3) is 0.200. The molecule has 4 heteroatoms. The summed E-state index contributed by atoms with van der Waals surface area (Å²) in [6.45, 7) is 0.366. The highest BCUT2D eigenvalue weighted by Gasteiger charge is 2.12. The summed E-state index contributed by atoms with van der Waals surface area (Å²) < 4.78 is 35.8. The van der Waals surface area contributed by atoms with E-state index >= 15 is 0 Å².